The molecular weight excluding hydrogens is 176 g/mol. The summed E-state index contributed by atoms with van der Waals surface area (Å²) in [5.74, 6) is 0. The maximum Gasteiger partial charge on any atom is 0.0948 e. The van der Waals surface area contributed by atoms with Gasteiger partial charge in [0.25, 0.3) is 0 Å². The van der Waals surface area contributed by atoms with Gasteiger partial charge in [0.1, 0.15) is 0 Å². The Bertz CT molecular complexity index is 374. The van der Waals surface area contributed by atoms with Crippen molar-refractivity contribution in [2.45, 2.75) is 20.0 Å². The summed E-state index contributed by atoms with van der Waals surface area (Å²) < 4.78 is 4.06. The summed E-state index contributed by atoms with van der Waals surface area (Å²) in [5, 5.41) is 0. The van der Waals surface area contributed by atoms with Gasteiger partial charge in [-0.3, -0.25) is 4.68 Å². The average molecular weight is 190 g/mol. The first-order valence-corrected chi connectivity index (χ1v) is 4.76. The zero-order valence-corrected chi connectivity index (χ0v) is 8.22. The molecule has 0 amide bonds. The molecule has 0 spiro atoms. The second kappa shape index (κ2) is 4.00. The maximum atomic E-state index is 4.11. The minimum atomic E-state index is 0.794. The van der Waals surface area contributed by atoms with E-state index in [2.05, 4.69) is 21.9 Å². The van der Waals surface area contributed by atoms with Gasteiger partial charge in [-0.1, -0.05) is 0 Å². The molecule has 4 heteroatoms. The third kappa shape index (κ3) is 1.79. The van der Waals surface area contributed by atoms with E-state index in [1.54, 1.807) is 0 Å². The molecule has 0 aliphatic rings. The quantitative estimate of drug-likeness (QED) is 0.791. The number of nitrogens with zero attached hydrogens (tertiary/aromatic N) is 3. The van der Waals surface area contributed by atoms with Crippen LogP contribution in [0, 0.1) is 0 Å². The van der Waals surface area contributed by atoms with Crippen LogP contribution in [0.4, 0.5) is 0 Å². The highest BCUT2D eigenvalue weighted by Crippen LogP contribution is 1.99. The maximum absolute atomic E-state index is 4.11. The van der Waals surface area contributed by atoms with E-state index >= 15 is 0 Å². The van der Waals surface area contributed by atoms with E-state index in [0.717, 1.165) is 13.1 Å². The lowest BCUT2D eigenvalue weighted by Crippen LogP contribution is -2.14. The second-order valence-corrected chi connectivity index (χ2v) is 3.10. The number of hydrogen-bond donors (Lipinski definition) is 1. The van der Waals surface area contributed by atoms with Crippen molar-refractivity contribution in [2.75, 3.05) is 5.43 Å². The summed E-state index contributed by atoms with van der Waals surface area (Å²) in [7, 11) is 0. The molecule has 2 rings (SSSR count). The number of hydrogen-bond acceptors (Lipinski definition) is 2. The van der Waals surface area contributed by atoms with Gasteiger partial charge in [-0.15, -0.1) is 0 Å². The van der Waals surface area contributed by atoms with E-state index in [0.29, 0.717) is 0 Å². The standard InChI is InChI=1S/C10H14N4/c1-2-13-9-11-7-10(13)8-12-14-5-3-4-6-14/h3-7,9,12H,2,8H2,1H3. The van der Waals surface area contributed by atoms with E-state index in [4.69, 9.17) is 0 Å². The minimum Gasteiger partial charge on any atom is -0.333 e. The van der Waals surface area contributed by atoms with Crippen molar-refractivity contribution in [2.24, 2.45) is 0 Å². The largest absolute Gasteiger partial charge is 0.333 e. The van der Waals surface area contributed by atoms with Crippen molar-refractivity contribution >= 4 is 0 Å². The molecule has 0 radical (unpaired) electrons. The third-order valence-corrected chi connectivity index (χ3v) is 2.19. The van der Waals surface area contributed by atoms with E-state index < -0.39 is 0 Å². The fraction of sp³-hybridized carbons (Fsp3) is 0.300. The van der Waals surface area contributed by atoms with Gasteiger partial charge in [-0.25, -0.2) is 4.98 Å². The Kier molecular flexibility index (Phi) is 2.53. The molecule has 0 aromatic carbocycles. The van der Waals surface area contributed by atoms with Gasteiger partial charge in [0.15, 0.2) is 0 Å². The van der Waals surface area contributed by atoms with E-state index in [1.807, 2.05) is 41.7 Å². The molecule has 2 aromatic rings. The first-order chi connectivity index (χ1) is 6.90. The fourth-order valence-electron chi connectivity index (χ4n) is 1.39. The predicted molar refractivity (Wildman–Crippen MR) is 55.4 cm³/mol. The smallest absolute Gasteiger partial charge is 0.0948 e. The van der Waals surface area contributed by atoms with Crippen LogP contribution in [0.15, 0.2) is 37.1 Å². The SMILES string of the molecule is CCn1cncc1CNn1cccc1. The van der Waals surface area contributed by atoms with Gasteiger partial charge in [-0.05, 0) is 19.1 Å². The van der Waals surface area contributed by atoms with Crippen LogP contribution in [-0.4, -0.2) is 14.2 Å². The topological polar surface area (TPSA) is 34.8 Å². The van der Waals surface area contributed by atoms with Crippen molar-refractivity contribution in [1.82, 2.24) is 14.2 Å². The first kappa shape index (κ1) is 8.87. The Balaban J connectivity index is 1.98. The second-order valence-electron chi connectivity index (χ2n) is 3.10. The molecule has 14 heavy (non-hydrogen) atoms. The molecule has 0 saturated heterocycles. The van der Waals surface area contributed by atoms with Gasteiger partial charge >= 0.3 is 0 Å². The summed E-state index contributed by atoms with van der Waals surface area (Å²) in [6.07, 6.45) is 7.70. The van der Waals surface area contributed by atoms with Crippen LogP contribution in [0.25, 0.3) is 0 Å². The number of nitrogens with one attached hydrogen (secondary N) is 1. The lowest BCUT2D eigenvalue weighted by molar-refractivity contribution is 0.699. The zero-order chi connectivity index (χ0) is 9.80. The molecule has 0 aliphatic carbocycles. The third-order valence-electron chi connectivity index (χ3n) is 2.19. The summed E-state index contributed by atoms with van der Waals surface area (Å²) >= 11 is 0. The van der Waals surface area contributed by atoms with Crippen molar-refractivity contribution in [1.29, 1.82) is 0 Å². The van der Waals surface area contributed by atoms with Crippen LogP contribution in [-0.2, 0) is 13.1 Å². The Hall–Kier alpha value is -1.71. The summed E-state index contributed by atoms with van der Waals surface area (Å²) in [6.45, 7) is 3.87. The predicted octanol–water partition coefficient (Wildman–Crippen LogP) is 1.45. The van der Waals surface area contributed by atoms with Crippen LogP contribution in [0.3, 0.4) is 0 Å². The van der Waals surface area contributed by atoms with Gasteiger partial charge in [0.2, 0.25) is 0 Å². The van der Waals surface area contributed by atoms with Crippen LogP contribution < -0.4 is 5.43 Å². The number of aryl methyl sites for hydroxylation is 1. The number of aromatic nitrogens is 3. The van der Waals surface area contributed by atoms with Crippen LogP contribution in [0.5, 0.6) is 0 Å². The first-order valence-electron chi connectivity index (χ1n) is 4.76. The molecule has 0 saturated carbocycles. The Morgan fingerprint density at radius 1 is 1.36 bits per heavy atom. The molecule has 2 aromatic heterocycles. The van der Waals surface area contributed by atoms with E-state index in [-0.39, 0.29) is 0 Å². The molecule has 0 bridgehead atoms. The molecule has 0 atom stereocenters. The molecule has 0 aliphatic heterocycles. The van der Waals surface area contributed by atoms with Crippen LogP contribution >= 0.6 is 0 Å². The average Bonchev–Trinajstić information content (AvgIpc) is 2.85. The number of rotatable bonds is 4. The lowest BCUT2D eigenvalue weighted by Gasteiger charge is -2.08. The van der Waals surface area contributed by atoms with Crippen molar-refractivity contribution in [3.8, 4) is 0 Å². The van der Waals surface area contributed by atoms with Gasteiger partial charge < -0.3 is 9.99 Å². The van der Waals surface area contributed by atoms with Crippen molar-refractivity contribution < 1.29 is 0 Å². The molecule has 1 N–H and O–H groups in total. The highest BCUT2D eigenvalue weighted by atomic mass is 15.4. The monoisotopic (exact) mass is 190 g/mol. The minimum absolute atomic E-state index is 0.794. The highest BCUT2D eigenvalue weighted by Gasteiger charge is 1.98. The van der Waals surface area contributed by atoms with Gasteiger partial charge in [0, 0.05) is 25.1 Å². The number of imidazole rings is 1. The molecule has 4 nitrogen and oxygen atoms in total. The Morgan fingerprint density at radius 3 is 2.86 bits per heavy atom. The molecule has 0 unspecified atom stereocenters. The van der Waals surface area contributed by atoms with E-state index in [1.165, 1.54) is 5.69 Å². The van der Waals surface area contributed by atoms with Crippen LogP contribution in [0.1, 0.15) is 12.6 Å². The van der Waals surface area contributed by atoms with Crippen molar-refractivity contribution in [3.05, 3.63) is 42.7 Å². The normalized spacial score (nSPS) is 10.4. The summed E-state index contributed by atoms with van der Waals surface area (Å²) in [6, 6.07) is 3.98. The van der Waals surface area contributed by atoms with Crippen molar-refractivity contribution in [3.63, 3.8) is 0 Å². The highest BCUT2D eigenvalue weighted by molar-refractivity contribution is 5.02. The van der Waals surface area contributed by atoms with E-state index in [9.17, 15) is 0 Å². The molecule has 0 fully saturated rings. The molecular formula is C10H14N4. The molecule has 74 valence electrons. The lowest BCUT2D eigenvalue weighted by atomic mass is 10.4. The summed E-state index contributed by atoms with van der Waals surface area (Å²) in [4.78, 5) is 4.11. The Morgan fingerprint density at radius 2 is 2.14 bits per heavy atom. The Labute approximate surface area is 83.2 Å². The van der Waals surface area contributed by atoms with Gasteiger partial charge in [0.05, 0.1) is 18.6 Å². The molecule has 2 heterocycles. The van der Waals surface area contributed by atoms with Crippen LogP contribution in [0.2, 0.25) is 0 Å². The zero-order valence-electron chi connectivity index (χ0n) is 8.22. The fourth-order valence-corrected chi connectivity index (χ4v) is 1.39. The van der Waals surface area contributed by atoms with Gasteiger partial charge in [-0.2, -0.15) is 0 Å². The summed E-state index contributed by atoms with van der Waals surface area (Å²) in [5.41, 5.74) is 4.45.